The molecule has 0 radical (unpaired) electrons. The lowest BCUT2D eigenvalue weighted by Crippen LogP contribution is -2.49. The van der Waals surface area contributed by atoms with Crippen molar-refractivity contribution in [2.75, 3.05) is 13.2 Å². The SMILES string of the molecule is Cc1cccc(OCCCCC(C)(CO)NC(C)C)c1F. The molecular weight excluding hydrogens is 269 g/mol. The predicted molar refractivity (Wildman–Crippen MR) is 84.2 cm³/mol. The number of nitrogens with one attached hydrogen (secondary N) is 1. The molecule has 0 heterocycles. The summed E-state index contributed by atoms with van der Waals surface area (Å²) >= 11 is 0. The Morgan fingerprint density at radius 1 is 1.33 bits per heavy atom. The zero-order valence-electron chi connectivity index (χ0n) is 13.6. The third-order valence-electron chi connectivity index (χ3n) is 3.52. The number of aliphatic hydroxyl groups excluding tert-OH is 1. The molecule has 1 aromatic carbocycles. The number of rotatable bonds is 9. The van der Waals surface area contributed by atoms with E-state index in [1.54, 1.807) is 25.1 Å². The van der Waals surface area contributed by atoms with E-state index in [2.05, 4.69) is 19.2 Å². The van der Waals surface area contributed by atoms with E-state index >= 15 is 0 Å². The highest BCUT2D eigenvalue weighted by molar-refractivity contribution is 5.29. The molecule has 0 aromatic heterocycles. The van der Waals surface area contributed by atoms with Gasteiger partial charge in [0.2, 0.25) is 0 Å². The monoisotopic (exact) mass is 297 g/mol. The highest BCUT2D eigenvalue weighted by Gasteiger charge is 2.22. The summed E-state index contributed by atoms with van der Waals surface area (Å²) in [6, 6.07) is 5.51. The maximum absolute atomic E-state index is 13.7. The molecule has 3 nitrogen and oxygen atoms in total. The van der Waals surface area contributed by atoms with E-state index in [0.717, 1.165) is 19.3 Å². The van der Waals surface area contributed by atoms with Crippen molar-refractivity contribution in [3.63, 3.8) is 0 Å². The lowest BCUT2D eigenvalue weighted by molar-refractivity contribution is 0.151. The van der Waals surface area contributed by atoms with Crippen LogP contribution < -0.4 is 10.1 Å². The molecule has 0 saturated carbocycles. The van der Waals surface area contributed by atoms with Crippen LogP contribution in [0.2, 0.25) is 0 Å². The Bertz CT molecular complexity index is 437. The average molecular weight is 297 g/mol. The maximum atomic E-state index is 13.7. The van der Waals surface area contributed by atoms with Gasteiger partial charge in [0.25, 0.3) is 0 Å². The van der Waals surface area contributed by atoms with Crippen molar-refractivity contribution in [3.05, 3.63) is 29.6 Å². The van der Waals surface area contributed by atoms with Crippen LogP contribution in [0.15, 0.2) is 18.2 Å². The van der Waals surface area contributed by atoms with E-state index in [-0.39, 0.29) is 18.0 Å². The fourth-order valence-electron chi connectivity index (χ4n) is 2.43. The van der Waals surface area contributed by atoms with E-state index in [1.165, 1.54) is 0 Å². The van der Waals surface area contributed by atoms with E-state index < -0.39 is 0 Å². The van der Waals surface area contributed by atoms with Crippen LogP contribution in [-0.2, 0) is 0 Å². The smallest absolute Gasteiger partial charge is 0.167 e. The van der Waals surface area contributed by atoms with Gasteiger partial charge in [-0.3, -0.25) is 0 Å². The fraction of sp³-hybridized carbons (Fsp3) is 0.647. The summed E-state index contributed by atoms with van der Waals surface area (Å²) in [6.45, 7) is 8.48. The Morgan fingerprint density at radius 3 is 2.67 bits per heavy atom. The summed E-state index contributed by atoms with van der Waals surface area (Å²) in [4.78, 5) is 0. The number of unbranched alkanes of at least 4 members (excludes halogenated alkanes) is 1. The van der Waals surface area contributed by atoms with Gasteiger partial charge in [0, 0.05) is 11.6 Å². The van der Waals surface area contributed by atoms with Crippen LogP contribution in [0.25, 0.3) is 0 Å². The van der Waals surface area contributed by atoms with Crippen molar-refractivity contribution in [1.82, 2.24) is 5.32 Å². The van der Waals surface area contributed by atoms with Gasteiger partial charge in [-0.05, 0) is 44.7 Å². The molecule has 0 amide bonds. The molecule has 1 unspecified atom stereocenters. The Kier molecular flexibility index (Phi) is 7.12. The first-order chi connectivity index (χ1) is 9.88. The predicted octanol–water partition coefficient (Wildman–Crippen LogP) is 3.43. The molecule has 0 fully saturated rings. The third-order valence-corrected chi connectivity index (χ3v) is 3.52. The van der Waals surface area contributed by atoms with Crippen LogP contribution >= 0.6 is 0 Å². The van der Waals surface area contributed by atoms with Crippen molar-refractivity contribution < 1.29 is 14.2 Å². The van der Waals surface area contributed by atoms with Gasteiger partial charge in [-0.2, -0.15) is 0 Å². The summed E-state index contributed by atoms with van der Waals surface area (Å²) in [5.74, 6) is 0.0411. The van der Waals surface area contributed by atoms with Gasteiger partial charge < -0.3 is 15.2 Å². The molecule has 1 aromatic rings. The van der Waals surface area contributed by atoms with Crippen LogP contribution in [0.4, 0.5) is 4.39 Å². The molecule has 21 heavy (non-hydrogen) atoms. The molecular formula is C17H28FNO2. The van der Waals surface area contributed by atoms with Gasteiger partial charge in [-0.1, -0.05) is 26.0 Å². The van der Waals surface area contributed by atoms with Crippen molar-refractivity contribution in [1.29, 1.82) is 0 Å². The first-order valence-corrected chi connectivity index (χ1v) is 7.64. The van der Waals surface area contributed by atoms with Gasteiger partial charge in [0.15, 0.2) is 11.6 Å². The minimum atomic E-state index is -0.279. The van der Waals surface area contributed by atoms with Crippen molar-refractivity contribution in [2.45, 2.75) is 58.5 Å². The third kappa shape index (κ3) is 6.02. The van der Waals surface area contributed by atoms with Crippen LogP contribution in [0.5, 0.6) is 5.75 Å². The van der Waals surface area contributed by atoms with E-state index in [4.69, 9.17) is 4.74 Å². The number of hydrogen-bond donors (Lipinski definition) is 2. The second-order valence-electron chi connectivity index (χ2n) is 6.21. The standard InChI is InChI=1S/C17H28FNO2/c1-13(2)19-17(4,12-20)10-5-6-11-21-15-9-7-8-14(3)16(15)18/h7-9,13,19-20H,5-6,10-12H2,1-4H3. The van der Waals surface area contributed by atoms with E-state index in [9.17, 15) is 9.50 Å². The second-order valence-corrected chi connectivity index (χ2v) is 6.21. The molecule has 0 bridgehead atoms. The molecule has 0 aliphatic carbocycles. The van der Waals surface area contributed by atoms with Crippen LogP contribution in [0, 0.1) is 12.7 Å². The first-order valence-electron chi connectivity index (χ1n) is 7.64. The molecule has 4 heteroatoms. The summed E-state index contributed by atoms with van der Waals surface area (Å²) in [5, 5.41) is 12.9. The number of hydrogen-bond acceptors (Lipinski definition) is 3. The number of aliphatic hydroxyl groups is 1. The molecule has 1 rings (SSSR count). The van der Waals surface area contributed by atoms with Gasteiger partial charge in [0.05, 0.1) is 13.2 Å². The molecule has 0 spiro atoms. The second kappa shape index (κ2) is 8.35. The first kappa shape index (κ1) is 17.9. The Balaban J connectivity index is 2.32. The summed E-state index contributed by atoms with van der Waals surface area (Å²) in [7, 11) is 0. The largest absolute Gasteiger partial charge is 0.491 e. The highest BCUT2D eigenvalue weighted by atomic mass is 19.1. The normalized spacial score (nSPS) is 14.2. The van der Waals surface area contributed by atoms with Gasteiger partial charge in [0.1, 0.15) is 0 Å². The zero-order chi connectivity index (χ0) is 15.9. The summed E-state index contributed by atoms with van der Waals surface area (Å²) < 4.78 is 19.2. The van der Waals surface area contributed by atoms with Crippen LogP contribution in [-0.4, -0.2) is 29.9 Å². The van der Waals surface area contributed by atoms with Gasteiger partial charge in [-0.15, -0.1) is 0 Å². The van der Waals surface area contributed by atoms with Crippen molar-refractivity contribution in [2.24, 2.45) is 0 Å². The Morgan fingerprint density at radius 2 is 2.05 bits per heavy atom. The number of ether oxygens (including phenoxy) is 1. The summed E-state index contributed by atoms with van der Waals surface area (Å²) in [6.07, 6.45) is 2.62. The Labute approximate surface area is 127 Å². The lowest BCUT2D eigenvalue weighted by atomic mass is 9.95. The maximum Gasteiger partial charge on any atom is 0.167 e. The molecule has 0 aliphatic heterocycles. The Hall–Kier alpha value is -1.13. The van der Waals surface area contributed by atoms with E-state index in [1.807, 2.05) is 6.92 Å². The number of aryl methyl sites for hydroxylation is 1. The molecule has 120 valence electrons. The number of halogens is 1. The number of benzene rings is 1. The highest BCUT2D eigenvalue weighted by Crippen LogP contribution is 2.20. The molecule has 2 N–H and O–H groups in total. The zero-order valence-corrected chi connectivity index (χ0v) is 13.6. The summed E-state index contributed by atoms with van der Waals surface area (Å²) in [5.41, 5.74) is 0.337. The molecule has 1 atom stereocenters. The topological polar surface area (TPSA) is 41.5 Å². The fourth-order valence-corrected chi connectivity index (χ4v) is 2.43. The van der Waals surface area contributed by atoms with E-state index in [0.29, 0.717) is 24.0 Å². The van der Waals surface area contributed by atoms with Crippen molar-refractivity contribution in [3.8, 4) is 5.75 Å². The van der Waals surface area contributed by atoms with Crippen LogP contribution in [0.1, 0.15) is 45.6 Å². The van der Waals surface area contributed by atoms with Crippen molar-refractivity contribution >= 4 is 0 Å². The quantitative estimate of drug-likeness (QED) is 0.686. The average Bonchev–Trinajstić information content (AvgIpc) is 2.42. The molecule has 0 saturated heterocycles. The minimum Gasteiger partial charge on any atom is -0.491 e. The van der Waals surface area contributed by atoms with Crippen LogP contribution in [0.3, 0.4) is 0 Å². The minimum absolute atomic E-state index is 0.110. The van der Waals surface area contributed by atoms with Gasteiger partial charge >= 0.3 is 0 Å². The molecule has 0 aliphatic rings. The lowest BCUT2D eigenvalue weighted by Gasteiger charge is -2.31. The van der Waals surface area contributed by atoms with Gasteiger partial charge in [-0.25, -0.2) is 4.39 Å².